The van der Waals surface area contributed by atoms with Crippen LogP contribution in [-0.4, -0.2) is 40.1 Å². The number of fused-ring (bicyclic) bond motifs is 4. The Bertz CT molecular complexity index is 1020. The number of likely N-dealkylation sites (N-methyl/N-ethyl adjacent to an activating group) is 1. The molecule has 4 aromatic rings. The zero-order valence-corrected chi connectivity index (χ0v) is 13.9. The fourth-order valence-electron chi connectivity index (χ4n) is 2.93. The van der Waals surface area contributed by atoms with Crippen LogP contribution >= 0.6 is 11.6 Å². The zero-order chi connectivity index (χ0) is 16.0. The van der Waals surface area contributed by atoms with Crippen LogP contribution in [0.1, 0.15) is 0 Å². The molecule has 0 spiro atoms. The Balaban J connectivity index is 2.08. The minimum Gasteiger partial charge on any atom is -0.323 e. The minimum absolute atomic E-state index is 0.721. The first-order valence-corrected chi connectivity index (χ1v) is 8.00. The summed E-state index contributed by atoms with van der Waals surface area (Å²) in [4.78, 5) is 11.9. The van der Waals surface area contributed by atoms with Crippen molar-refractivity contribution in [3.63, 3.8) is 0 Å². The normalized spacial score (nSPS) is 12.0. The molecule has 0 bridgehead atoms. The van der Waals surface area contributed by atoms with Crippen molar-refractivity contribution >= 4 is 44.7 Å². The maximum absolute atomic E-state index is 6.21. The Kier molecular flexibility index (Phi) is 3.43. The number of nitrogens with zero attached hydrogens (tertiary/aromatic N) is 4. The first kappa shape index (κ1) is 14.4. The molecule has 23 heavy (non-hydrogen) atoms. The fraction of sp³-hybridized carbons (Fsp3) is 0.222. The minimum atomic E-state index is 0.721. The summed E-state index contributed by atoms with van der Waals surface area (Å²) in [5, 5.41) is 1.78. The summed E-state index contributed by atoms with van der Waals surface area (Å²) in [5.74, 6) is 0. The van der Waals surface area contributed by atoms with Crippen LogP contribution in [0.4, 0.5) is 0 Å². The predicted octanol–water partition coefficient (Wildman–Crippen LogP) is 3.95. The summed E-state index contributed by atoms with van der Waals surface area (Å²) in [7, 11) is 4.15. The number of para-hydroxylation sites is 2. The van der Waals surface area contributed by atoms with E-state index in [9.17, 15) is 0 Å². The largest absolute Gasteiger partial charge is 0.323 e. The maximum Gasteiger partial charge on any atom is 0.160 e. The average molecular weight is 325 g/mol. The van der Waals surface area contributed by atoms with Gasteiger partial charge in [-0.1, -0.05) is 23.7 Å². The molecule has 0 atom stereocenters. The van der Waals surface area contributed by atoms with Crippen molar-refractivity contribution in [1.29, 1.82) is 0 Å². The summed E-state index contributed by atoms with van der Waals surface area (Å²) in [6, 6.07) is 13.9. The van der Waals surface area contributed by atoms with E-state index in [-0.39, 0.29) is 0 Å². The van der Waals surface area contributed by atoms with Crippen LogP contribution in [0, 0.1) is 0 Å². The molecule has 116 valence electrons. The molecule has 2 heterocycles. The van der Waals surface area contributed by atoms with Gasteiger partial charge >= 0.3 is 0 Å². The predicted molar refractivity (Wildman–Crippen MR) is 96.1 cm³/mol. The van der Waals surface area contributed by atoms with Gasteiger partial charge in [-0.25, -0.2) is 9.97 Å². The number of aromatic nitrogens is 3. The maximum atomic E-state index is 6.21. The van der Waals surface area contributed by atoms with Gasteiger partial charge in [-0.2, -0.15) is 0 Å². The average Bonchev–Trinajstić information content (AvgIpc) is 2.83. The van der Waals surface area contributed by atoms with E-state index in [0.29, 0.717) is 0 Å². The second kappa shape index (κ2) is 5.48. The number of halogens is 1. The van der Waals surface area contributed by atoms with Crippen LogP contribution < -0.4 is 0 Å². The van der Waals surface area contributed by atoms with Crippen molar-refractivity contribution in [3.05, 3.63) is 47.5 Å². The Labute approximate surface area is 139 Å². The monoisotopic (exact) mass is 324 g/mol. The molecule has 0 radical (unpaired) electrons. The van der Waals surface area contributed by atoms with Crippen molar-refractivity contribution in [3.8, 4) is 0 Å². The van der Waals surface area contributed by atoms with Gasteiger partial charge in [0, 0.05) is 23.5 Å². The molecule has 2 aromatic carbocycles. The molecule has 4 rings (SSSR count). The van der Waals surface area contributed by atoms with Gasteiger partial charge in [0.2, 0.25) is 0 Å². The lowest BCUT2D eigenvalue weighted by Gasteiger charge is -2.12. The highest BCUT2D eigenvalue weighted by atomic mass is 35.5. The summed E-state index contributed by atoms with van der Waals surface area (Å²) >= 11 is 6.21. The van der Waals surface area contributed by atoms with Crippen molar-refractivity contribution in [1.82, 2.24) is 19.4 Å². The molecular formula is C18H17ClN4. The Morgan fingerprint density at radius 1 is 1.04 bits per heavy atom. The Morgan fingerprint density at radius 2 is 1.78 bits per heavy atom. The molecule has 0 saturated carbocycles. The van der Waals surface area contributed by atoms with E-state index in [1.54, 1.807) is 0 Å². The van der Waals surface area contributed by atoms with Crippen LogP contribution in [-0.2, 0) is 6.54 Å². The topological polar surface area (TPSA) is 34.0 Å². The van der Waals surface area contributed by atoms with Crippen LogP contribution in [0.3, 0.4) is 0 Å². The van der Waals surface area contributed by atoms with Gasteiger partial charge in [-0.15, -0.1) is 0 Å². The van der Waals surface area contributed by atoms with Gasteiger partial charge in [-0.3, -0.25) is 0 Å². The van der Waals surface area contributed by atoms with Crippen molar-refractivity contribution < 1.29 is 0 Å². The highest BCUT2D eigenvalue weighted by Gasteiger charge is 2.14. The number of hydrogen-bond donors (Lipinski definition) is 0. The van der Waals surface area contributed by atoms with E-state index in [4.69, 9.17) is 21.6 Å². The summed E-state index contributed by atoms with van der Waals surface area (Å²) in [6.07, 6.45) is 0. The molecule has 0 amide bonds. The molecule has 0 aliphatic heterocycles. The third-order valence-electron chi connectivity index (χ3n) is 4.08. The molecule has 0 aliphatic carbocycles. The van der Waals surface area contributed by atoms with Crippen LogP contribution in [0.15, 0.2) is 42.5 Å². The molecule has 0 fully saturated rings. The lowest BCUT2D eigenvalue weighted by molar-refractivity contribution is 0.389. The van der Waals surface area contributed by atoms with Crippen molar-refractivity contribution in [2.75, 3.05) is 20.6 Å². The summed E-state index contributed by atoms with van der Waals surface area (Å²) in [6.45, 7) is 1.80. The third-order valence-corrected chi connectivity index (χ3v) is 4.32. The molecule has 4 nitrogen and oxygen atoms in total. The zero-order valence-electron chi connectivity index (χ0n) is 13.1. The van der Waals surface area contributed by atoms with E-state index in [2.05, 4.69) is 29.6 Å². The lowest BCUT2D eigenvalue weighted by atomic mass is 10.2. The van der Waals surface area contributed by atoms with E-state index in [0.717, 1.165) is 51.2 Å². The van der Waals surface area contributed by atoms with Gasteiger partial charge in [0.25, 0.3) is 0 Å². The number of rotatable bonds is 3. The van der Waals surface area contributed by atoms with Crippen LogP contribution in [0.5, 0.6) is 0 Å². The van der Waals surface area contributed by atoms with Crippen LogP contribution in [0.25, 0.3) is 33.1 Å². The standard InChI is InChI=1S/C18H17ClN4/c1-22(2)9-10-23-16-8-7-12(19)11-13(16)17-18(23)21-15-6-4-3-5-14(15)20-17/h3-8,11H,9-10H2,1-2H3. The fourth-order valence-corrected chi connectivity index (χ4v) is 3.11. The number of benzene rings is 2. The van der Waals surface area contributed by atoms with Gasteiger partial charge in [0.05, 0.1) is 16.6 Å². The smallest absolute Gasteiger partial charge is 0.160 e. The van der Waals surface area contributed by atoms with Gasteiger partial charge < -0.3 is 9.47 Å². The van der Waals surface area contributed by atoms with E-state index < -0.39 is 0 Å². The lowest BCUT2D eigenvalue weighted by Crippen LogP contribution is -2.18. The first-order chi connectivity index (χ1) is 11.1. The highest BCUT2D eigenvalue weighted by Crippen LogP contribution is 2.30. The number of hydrogen-bond acceptors (Lipinski definition) is 3. The molecule has 0 N–H and O–H groups in total. The second-order valence-electron chi connectivity index (χ2n) is 6.00. The van der Waals surface area contributed by atoms with Crippen LogP contribution in [0.2, 0.25) is 5.02 Å². The summed E-state index contributed by atoms with van der Waals surface area (Å²) < 4.78 is 2.24. The molecule has 0 aliphatic rings. The first-order valence-electron chi connectivity index (χ1n) is 7.62. The molecule has 0 saturated heterocycles. The molecular weight excluding hydrogens is 308 g/mol. The Morgan fingerprint density at radius 3 is 2.52 bits per heavy atom. The Hall–Kier alpha value is -2.17. The molecule has 2 aromatic heterocycles. The summed E-state index contributed by atoms with van der Waals surface area (Å²) in [5.41, 5.74) is 4.79. The SMILES string of the molecule is CN(C)CCn1c2ccc(Cl)cc2c2nc3ccccc3nc21. The van der Waals surface area contributed by atoms with E-state index in [1.807, 2.05) is 36.4 Å². The van der Waals surface area contributed by atoms with Crippen molar-refractivity contribution in [2.24, 2.45) is 0 Å². The quantitative estimate of drug-likeness (QED) is 0.572. The van der Waals surface area contributed by atoms with Crippen molar-refractivity contribution in [2.45, 2.75) is 6.54 Å². The molecule has 5 heteroatoms. The highest BCUT2D eigenvalue weighted by molar-refractivity contribution is 6.31. The van der Waals surface area contributed by atoms with Gasteiger partial charge in [-0.05, 0) is 44.4 Å². The third kappa shape index (κ3) is 2.44. The van der Waals surface area contributed by atoms with Gasteiger partial charge in [0.15, 0.2) is 5.65 Å². The second-order valence-corrected chi connectivity index (χ2v) is 6.44. The van der Waals surface area contributed by atoms with Gasteiger partial charge in [0.1, 0.15) is 5.52 Å². The van der Waals surface area contributed by atoms with E-state index >= 15 is 0 Å². The van der Waals surface area contributed by atoms with E-state index in [1.165, 1.54) is 0 Å². The molecule has 0 unspecified atom stereocenters.